The highest BCUT2D eigenvalue weighted by atomic mass is 32.1. The number of nitrogens with one attached hydrogen (secondary N) is 1. The van der Waals surface area contributed by atoms with Crippen molar-refractivity contribution in [2.24, 2.45) is 0 Å². The van der Waals surface area contributed by atoms with Gasteiger partial charge < -0.3 is 10.1 Å². The lowest BCUT2D eigenvalue weighted by Gasteiger charge is -2.26. The highest BCUT2D eigenvalue weighted by molar-refractivity contribution is 7.13. The van der Waals surface area contributed by atoms with Crippen LogP contribution in [0.3, 0.4) is 0 Å². The monoisotopic (exact) mass is 332 g/mol. The first-order chi connectivity index (χ1) is 11.3. The molecule has 2 aromatic rings. The molecule has 1 amide bonds. The molecule has 1 fully saturated rings. The van der Waals surface area contributed by atoms with Gasteiger partial charge >= 0.3 is 0 Å². The maximum absolute atomic E-state index is 12.0. The van der Waals surface area contributed by atoms with Gasteiger partial charge in [0.2, 0.25) is 5.91 Å². The lowest BCUT2D eigenvalue weighted by atomic mass is 10.3. The topological polar surface area (TPSA) is 67.4 Å². The quantitative estimate of drug-likeness (QED) is 0.861. The second-order valence-electron chi connectivity index (χ2n) is 5.34. The summed E-state index contributed by atoms with van der Waals surface area (Å²) in [6.45, 7) is 4.97. The standard InChI is InChI=1S/C16H20N4O2S/c21-15(18-5-6-20-7-9-22-10-8-20)11-13-12-23-16(19-13)14-3-1-2-4-17-14/h1-4,12H,5-11H2,(H,18,21). The molecule has 3 rings (SSSR count). The van der Waals surface area contributed by atoms with E-state index >= 15 is 0 Å². The molecule has 1 saturated heterocycles. The number of hydrogen-bond donors (Lipinski definition) is 1. The normalized spacial score (nSPS) is 15.5. The lowest BCUT2D eigenvalue weighted by molar-refractivity contribution is -0.120. The van der Waals surface area contributed by atoms with Gasteiger partial charge in [0.05, 0.1) is 31.0 Å². The fourth-order valence-electron chi connectivity index (χ4n) is 2.40. The Labute approximate surface area is 139 Å². The summed E-state index contributed by atoms with van der Waals surface area (Å²) in [5.74, 6) is 0.0103. The van der Waals surface area contributed by atoms with Crippen LogP contribution in [0.25, 0.3) is 10.7 Å². The predicted molar refractivity (Wildman–Crippen MR) is 89.3 cm³/mol. The minimum absolute atomic E-state index is 0.0103. The summed E-state index contributed by atoms with van der Waals surface area (Å²) >= 11 is 1.52. The van der Waals surface area contributed by atoms with Crippen LogP contribution >= 0.6 is 11.3 Å². The van der Waals surface area contributed by atoms with E-state index in [-0.39, 0.29) is 5.91 Å². The van der Waals surface area contributed by atoms with Crippen molar-refractivity contribution in [1.82, 2.24) is 20.2 Å². The zero-order chi connectivity index (χ0) is 15.9. The minimum Gasteiger partial charge on any atom is -0.379 e. The van der Waals surface area contributed by atoms with Crippen LogP contribution in [0.2, 0.25) is 0 Å². The van der Waals surface area contributed by atoms with Crippen molar-refractivity contribution in [3.05, 3.63) is 35.5 Å². The third-order valence-corrected chi connectivity index (χ3v) is 4.54. The van der Waals surface area contributed by atoms with Crippen molar-refractivity contribution in [3.8, 4) is 10.7 Å². The van der Waals surface area contributed by atoms with Crippen molar-refractivity contribution in [2.75, 3.05) is 39.4 Å². The number of carbonyl (C=O) groups is 1. The van der Waals surface area contributed by atoms with Crippen LogP contribution in [0.4, 0.5) is 0 Å². The van der Waals surface area contributed by atoms with Crippen LogP contribution in [-0.4, -0.2) is 60.2 Å². The Hall–Kier alpha value is -1.83. The van der Waals surface area contributed by atoms with E-state index in [0.717, 1.165) is 49.2 Å². The SMILES string of the molecule is O=C(Cc1csc(-c2ccccn2)n1)NCCN1CCOCC1. The molecule has 1 aliphatic rings. The molecule has 6 nitrogen and oxygen atoms in total. The molecule has 0 atom stereocenters. The second-order valence-corrected chi connectivity index (χ2v) is 6.20. The van der Waals surface area contributed by atoms with Gasteiger partial charge in [-0.25, -0.2) is 4.98 Å². The van der Waals surface area contributed by atoms with E-state index in [1.165, 1.54) is 11.3 Å². The second kappa shape index (κ2) is 8.14. The molecule has 0 aromatic carbocycles. The van der Waals surface area contributed by atoms with E-state index in [1.807, 2.05) is 23.6 Å². The highest BCUT2D eigenvalue weighted by Crippen LogP contribution is 2.21. The molecule has 0 spiro atoms. The van der Waals surface area contributed by atoms with Gasteiger partial charge in [-0.2, -0.15) is 0 Å². The molecule has 0 aliphatic carbocycles. The van der Waals surface area contributed by atoms with Gasteiger partial charge in [0, 0.05) is 37.8 Å². The average molecular weight is 332 g/mol. The molecule has 2 aromatic heterocycles. The van der Waals surface area contributed by atoms with Crippen molar-refractivity contribution < 1.29 is 9.53 Å². The van der Waals surface area contributed by atoms with E-state index in [4.69, 9.17) is 4.74 Å². The van der Waals surface area contributed by atoms with E-state index in [9.17, 15) is 4.79 Å². The van der Waals surface area contributed by atoms with Crippen molar-refractivity contribution in [2.45, 2.75) is 6.42 Å². The van der Waals surface area contributed by atoms with E-state index in [2.05, 4.69) is 20.2 Å². The number of amides is 1. The van der Waals surface area contributed by atoms with Crippen LogP contribution in [-0.2, 0) is 16.0 Å². The van der Waals surface area contributed by atoms with Crippen LogP contribution in [0, 0.1) is 0 Å². The number of thiazole rings is 1. The van der Waals surface area contributed by atoms with Crippen LogP contribution in [0.15, 0.2) is 29.8 Å². The summed E-state index contributed by atoms with van der Waals surface area (Å²) in [5.41, 5.74) is 1.64. The predicted octanol–water partition coefficient (Wildman–Crippen LogP) is 1.20. The maximum Gasteiger partial charge on any atom is 0.226 e. The molecule has 7 heteroatoms. The molecule has 3 heterocycles. The summed E-state index contributed by atoms with van der Waals surface area (Å²) in [6, 6.07) is 5.73. The third-order valence-electron chi connectivity index (χ3n) is 3.63. The van der Waals surface area contributed by atoms with Gasteiger partial charge in [-0.05, 0) is 12.1 Å². The fraction of sp³-hybridized carbons (Fsp3) is 0.438. The summed E-state index contributed by atoms with van der Waals surface area (Å²) < 4.78 is 5.30. The number of aromatic nitrogens is 2. The number of rotatable bonds is 6. The summed E-state index contributed by atoms with van der Waals surface area (Å²) in [6.07, 6.45) is 2.06. The van der Waals surface area contributed by atoms with Gasteiger partial charge in [0.15, 0.2) is 0 Å². The first-order valence-electron chi connectivity index (χ1n) is 7.74. The molecule has 122 valence electrons. The first-order valence-corrected chi connectivity index (χ1v) is 8.62. The van der Waals surface area contributed by atoms with Crippen molar-refractivity contribution in [3.63, 3.8) is 0 Å². The zero-order valence-electron chi connectivity index (χ0n) is 12.9. The Morgan fingerprint density at radius 1 is 1.35 bits per heavy atom. The summed E-state index contributed by atoms with van der Waals surface area (Å²) in [7, 11) is 0. The molecule has 0 bridgehead atoms. The van der Waals surface area contributed by atoms with Crippen molar-refractivity contribution >= 4 is 17.2 Å². The minimum atomic E-state index is 0.0103. The van der Waals surface area contributed by atoms with Crippen molar-refractivity contribution in [1.29, 1.82) is 0 Å². The van der Waals surface area contributed by atoms with Gasteiger partial charge in [-0.1, -0.05) is 6.07 Å². The summed E-state index contributed by atoms with van der Waals surface area (Å²) in [4.78, 5) is 23.1. The Morgan fingerprint density at radius 2 is 2.22 bits per heavy atom. The van der Waals surface area contributed by atoms with Crippen LogP contribution in [0.1, 0.15) is 5.69 Å². The fourth-order valence-corrected chi connectivity index (χ4v) is 3.20. The number of carbonyl (C=O) groups excluding carboxylic acids is 1. The van der Waals surface area contributed by atoms with E-state index in [1.54, 1.807) is 6.20 Å². The van der Waals surface area contributed by atoms with Gasteiger partial charge in [-0.15, -0.1) is 11.3 Å². The largest absolute Gasteiger partial charge is 0.379 e. The Morgan fingerprint density at radius 3 is 3.00 bits per heavy atom. The maximum atomic E-state index is 12.0. The number of morpholine rings is 1. The van der Waals surface area contributed by atoms with Gasteiger partial charge in [-0.3, -0.25) is 14.7 Å². The smallest absolute Gasteiger partial charge is 0.226 e. The third kappa shape index (κ3) is 4.82. The molecule has 0 radical (unpaired) electrons. The summed E-state index contributed by atoms with van der Waals surface area (Å²) in [5, 5.41) is 5.73. The molecule has 1 aliphatic heterocycles. The molecule has 0 unspecified atom stereocenters. The number of nitrogens with zero attached hydrogens (tertiary/aromatic N) is 3. The zero-order valence-corrected chi connectivity index (χ0v) is 13.7. The molecular weight excluding hydrogens is 312 g/mol. The van der Waals surface area contributed by atoms with E-state index < -0.39 is 0 Å². The highest BCUT2D eigenvalue weighted by Gasteiger charge is 2.12. The Kier molecular flexibility index (Phi) is 5.68. The van der Waals surface area contributed by atoms with E-state index in [0.29, 0.717) is 13.0 Å². The van der Waals surface area contributed by atoms with Gasteiger partial charge in [0.25, 0.3) is 0 Å². The molecule has 0 saturated carbocycles. The Bertz CT molecular complexity index is 626. The van der Waals surface area contributed by atoms with Crippen LogP contribution in [0.5, 0.6) is 0 Å². The van der Waals surface area contributed by atoms with Gasteiger partial charge in [0.1, 0.15) is 5.01 Å². The van der Waals surface area contributed by atoms with Crippen LogP contribution < -0.4 is 5.32 Å². The average Bonchev–Trinajstić information content (AvgIpc) is 3.05. The Balaban J connectivity index is 1.44. The number of ether oxygens (including phenoxy) is 1. The number of pyridine rings is 1. The number of hydrogen-bond acceptors (Lipinski definition) is 6. The first kappa shape index (κ1) is 16.0. The lowest BCUT2D eigenvalue weighted by Crippen LogP contribution is -2.41. The molecular formula is C16H20N4O2S. The molecule has 23 heavy (non-hydrogen) atoms. The molecule has 1 N–H and O–H groups in total.